The van der Waals surface area contributed by atoms with Gasteiger partial charge in [0.1, 0.15) is 11.6 Å². The van der Waals surface area contributed by atoms with E-state index in [4.69, 9.17) is 11.6 Å². The molecule has 1 aliphatic rings. The summed E-state index contributed by atoms with van der Waals surface area (Å²) in [6.45, 7) is 3.82. The van der Waals surface area contributed by atoms with E-state index in [0.717, 1.165) is 38.8 Å². The zero-order chi connectivity index (χ0) is 14.6. The van der Waals surface area contributed by atoms with Gasteiger partial charge >= 0.3 is 0 Å². The van der Waals surface area contributed by atoms with Crippen LogP contribution in [0.2, 0.25) is 5.02 Å². The molecular formula is C16H21ClFNO. The van der Waals surface area contributed by atoms with Crippen LogP contribution >= 0.6 is 11.6 Å². The van der Waals surface area contributed by atoms with Crippen molar-refractivity contribution in [3.63, 3.8) is 0 Å². The lowest BCUT2D eigenvalue weighted by Gasteiger charge is -2.36. The van der Waals surface area contributed by atoms with E-state index in [2.05, 4.69) is 12.2 Å². The lowest BCUT2D eigenvalue weighted by molar-refractivity contribution is -0.130. The molecule has 0 radical (unpaired) electrons. The van der Waals surface area contributed by atoms with Crippen molar-refractivity contribution in [2.24, 2.45) is 5.41 Å². The van der Waals surface area contributed by atoms with E-state index >= 15 is 0 Å². The molecule has 0 aliphatic carbocycles. The number of hydrogen-bond donors (Lipinski definition) is 1. The summed E-state index contributed by atoms with van der Waals surface area (Å²) in [5.41, 5.74) is 0.130. The van der Waals surface area contributed by atoms with Crippen molar-refractivity contribution in [3.8, 4) is 0 Å². The van der Waals surface area contributed by atoms with Gasteiger partial charge in [0, 0.05) is 16.9 Å². The molecule has 0 bridgehead atoms. The predicted molar refractivity (Wildman–Crippen MR) is 79.6 cm³/mol. The summed E-state index contributed by atoms with van der Waals surface area (Å²) >= 11 is 5.89. The molecule has 1 N–H and O–H groups in total. The molecule has 0 unspecified atom stereocenters. The molecule has 0 spiro atoms. The molecule has 110 valence electrons. The highest BCUT2D eigenvalue weighted by molar-refractivity contribution is 6.30. The number of benzene rings is 1. The number of piperidine rings is 1. The van der Waals surface area contributed by atoms with Gasteiger partial charge in [-0.05, 0) is 56.1 Å². The molecule has 1 fully saturated rings. The molecule has 1 saturated heterocycles. The maximum absolute atomic E-state index is 13.8. The van der Waals surface area contributed by atoms with Gasteiger partial charge in [-0.15, -0.1) is 0 Å². The monoisotopic (exact) mass is 297 g/mol. The fraction of sp³-hybridized carbons (Fsp3) is 0.562. The van der Waals surface area contributed by atoms with E-state index in [1.807, 2.05) is 0 Å². The van der Waals surface area contributed by atoms with Crippen molar-refractivity contribution in [2.75, 3.05) is 13.1 Å². The predicted octanol–water partition coefficient (Wildman–Crippen LogP) is 3.76. The van der Waals surface area contributed by atoms with Crippen LogP contribution in [0.1, 0.15) is 38.2 Å². The van der Waals surface area contributed by atoms with Crippen molar-refractivity contribution < 1.29 is 9.18 Å². The topological polar surface area (TPSA) is 29.1 Å². The van der Waals surface area contributed by atoms with Crippen molar-refractivity contribution in [3.05, 3.63) is 34.6 Å². The molecular weight excluding hydrogens is 277 g/mol. The normalized spacial score (nSPS) is 17.9. The fourth-order valence-corrected chi connectivity index (χ4v) is 3.29. The largest absolute Gasteiger partial charge is 0.317 e. The van der Waals surface area contributed by atoms with Crippen LogP contribution in [-0.2, 0) is 11.2 Å². The Morgan fingerprint density at radius 2 is 2.10 bits per heavy atom. The molecule has 0 saturated carbocycles. The van der Waals surface area contributed by atoms with Gasteiger partial charge in [-0.2, -0.15) is 0 Å². The molecule has 20 heavy (non-hydrogen) atoms. The molecule has 0 amide bonds. The van der Waals surface area contributed by atoms with Gasteiger partial charge in [-0.1, -0.05) is 24.9 Å². The van der Waals surface area contributed by atoms with Gasteiger partial charge in [0.15, 0.2) is 0 Å². The molecule has 2 rings (SSSR count). The Morgan fingerprint density at radius 3 is 2.75 bits per heavy atom. The number of carbonyl (C=O) groups excluding carboxylic acids is 1. The van der Waals surface area contributed by atoms with Crippen LogP contribution in [0.4, 0.5) is 4.39 Å². The van der Waals surface area contributed by atoms with Crippen molar-refractivity contribution in [2.45, 2.75) is 39.0 Å². The van der Waals surface area contributed by atoms with Gasteiger partial charge < -0.3 is 5.32 Å². The van der Waals surface area contributed by atoms with E-state index in [1.165, 1.54) is 12.1 Å². The minimum absolute atomic E-state index is 0.145. The summed E-state index contributed by atoms with van der Waals surface area (Å²) in [4.78, 5) is 12.7. The summed E-state index contributed by atoms with van der Waals surface area (Å²) in [6, 6.07) is 4.41. The van der Waals surface area contributed by atoms with Gasteiger partial charge in [-0.25, -0.2) is 4.39 Å². The number of Topliss-reactive ketones (excluding diaryl/α,β-unsaturated/α-hetero) is 1. The summed E-state index contributed by atoms with van der Waals surface area (Å²) in [5, 5.41) is 3.77. The van der Waals surface area contributed by atoms with Crippen molar-refractivity contribution >= 4 is 17.4 Å². The highest BCUT2D eigenvalue weighted by Crippen LogP contribution is 2.36. The molecule has 2 nitrogen and oxygen atoms in total. The highest BCUT2D eigenvalue weighted by Gasteiger charge is 2.38. The average Bonchev–Trinajstić information content (AvgIpc) is 2.44. The first-order chi connectivity index (χ1) is 9.57. The first-order valence-electron chi connectivity index (χ1n) is 7.25. The Balaban J connectivity index is 2.18. The quantitative estimate of drug-likeness (QED) is 0.896. The highest BCUT2D eigenvalue weighted by atomic mass is 35.5. The number of hydrogen-bond acceptors (Lipinski definition) is 2. The molecule has 1 aliphatic heterocycles. The Kier molecular flexibility index (Phi) is 5.17. The summed E-state index contributed by atoms with van der Waals surface area (Å²) in [5.74, 6) is -0.189. The Morgan fingerprint density at radius 1 is 1.40 bits per heavy atom. The number of halogens is 2. The maximum Gasteiger partial charge on any atom is 0.143 e. The number of nitrogens with one attached hydrogen (secondary N) is 1. The lowest BCUT2D eigenvalue weighted by Crippen LogP contribution is -2.42. The second-order valence-corrected chi connectivity index (χ2v) is 6.05. The Labute approximate surface area is 124 Å². The van der Waals surface area contributed by atoms with Gasteiger partial charge in [-0.3, -0.25) is 4.79 Å². The third kappa shape index (κ3) is 3.39. The van der Waals surface area contributed by atoms with E-state index in [1.54, 1.807) is 6.07 Å². The van der Waals surface area contributed by atoms with Gasteiger partial charge in [0.25, 0.3) is 0 Å². The number of rotatable bonds is 5. The van der Waals surface area contributed by atoms with Crippen molar-refractivity contribution in [1.82, 2.24) is 5.32 Å². The van der Waals surface area contributed by atoms with Gasteiger partial charge in [0.2, 0.25) is 0 Å². The summed E-state index contributed by atoms with van der Waals surface area (Å²) < 4.78 is 13.8. The van der Waals surface area contributed by atoms with Crippen LogP contribution in [0.15, 0.2) is 18.2 Å². The second-order valence-electron chi connectivity index (χ2n) is 5.62. The number of carbonyl (C=O) groups is 1. The molecule has 1 heterocycles. The number of ketones is 1. The van der Waals surface area contributed by atoms with Gasteiger partial charge in [0.05, 0.1) is 0 Å². The molecule has 0 aromatic heterocycles. The van der Waals surface area contributed by atoms with Crippen LogP contribution < -0.4 is 5.32 Å². The Hall–Kier alpha value is -0.930. The summed E-state index contributed by atoms with van der Waals surface area (Å²) in [6.07, 6.45) is 3.70. The maximum atomic E-state index is 13.8. The van der Waals surface area contributed by atoms with Crippen LogP contribution in [0.25, 0.3) is 0 Å². The fourth-order valence-electron chi connectivity index (χ4n) is 3.09. The smallest absolute Gasteiger partial charge is 0.143 e. The Bertz CT molecular complexity index is 478. The molecule has 0 atom stereocenters. The van der Waals surface area contributed by atoms with Crippen LogP contribution in [-0.4, -0.2) is 18.9 Å². The molecule has 1 aromatic carbocycles. The average molecular weight is 298 g/mol. The van der Waals surface area contributed by atoms with Crippen LogP contribution in [0.3, 0.4) is 0 Å². The zero-order valence-corrected chi connectivity index (χ0v) is 12.6. The van der Waals surface area contributed by atoms with Crippen LogP contribution in [0.5, 0.6) is 0 Å². The molecule has 1 aromatic rings. The van der Waals surface area contributed by atoms with E-state index in [-0.39, 0.29) is 23.4 Å². The standard InChI is InChI=1S/C16H21ClFNO/c1-2-5-16(6-8-19-9-7-16)15(20)11-12-10-13(17)3-4-14(12)18/h3-4,10,19H,2,5-9,11H2,1H3. The second kappa shape index (κ2) is 6.68. The van der Waals surface area contributed by atoms with E-state index in [9.17, 15) is 9.18 Å². The van der Waals surface area contributed by atoms with Crippen molar-refractivity contribution in [1.29, 1.82) is 0 Å². The van der Waals surface area contributed by atoms with E-state index < -0.39 is 0 Å². The summed E-state index contributed by atoms with van der Waals surface area (Å²) in [7, 11) is 0. The third-order valence-electron chi connectivity index (χ3n) is 4.24. The zero-order valence-electron chi connectivity index (χ0n) is 11.8. The third-order valence-corrected chi connectivity index (χ3v) is 4.47. The van der Waals surface area contributed by atoms with Crippen LogP contribution in [0, 0.1) is 11.2 Å². The SMILES string of the molecule is CCCC1(C(=O)Cc2cc(Cl)ccc2F)CCNCC1. The first-order valence-corrected chi connectivity index (χ1v) is 7.63. The lowest BCUT2D eigenvalue weighted by atomic mass is 9.70. The minimum atomic E-state index is -0.344. The minimum Gasteiger partial charge on any atom is -0.317 e. The van der Waals surface area contributed by atoms with E-state index in [0.29, 0.717) is 10.6 Å². The first kappa shape index (κ1) is 15.5. The molecule has 4 heteroatoms.